The molecule has 110 valence electrons. The van der Waals surface area contributed by atoms with Gasteiger partial charge in [-0.05, 0) is 19.2 Å². The van der Waals surface area contributed by atoms with Gasteiger partial charge in [-0.3, -0.25) is 9.69 Å². The first-order valence-corrected chi connectivity index (χ1v) is 6.65. The molecule has 1 heterocycles. The zero-order valence-corrected chi connectivity index (χ0v) is 11.6. The van der Waals surface area contributed by atoms with Crippen molar-refractivity contribution in [1.29, 1.82) is 0 Å². The van der Waals surface area contributed by atoms with Crippen LogP contribution < -0.4 is 11.1 Å². The van der Waals surface area contributed by atoms with Crippen LogP contribution in [0, 0.1) is 5.82 Å². The molecule has 0 saturated carbocycles. The van der Waals surface area contributed by atoms with E-state index < -0.39 is 11.7 Å². The molecule has 5 nitrogen and oxygen atoms in total. The topological polar surface area (TPSA) is 67.6 Å². The van der Waals surface area contributed by atoms with Gasteiger partial charge in [0, 0.05) is 37.3 Å². The second kappa shape index (κ2) is 6.78. The van der Waals surface area contributed by atoms with E-state index in [4.69, 9.17) is 10.5 Å². The van der Waals surface area contributed by atoms with Crippen molar-refractivity contribution in [1.82, 2.24) is 10.2 Å². The van der Waals surface area contributed by atoms with E-state index in [1.54, 1.807) is 12.1 Å². The van der Waals surface area contributed by atoms with Crippen LogP contribution in [0.3, 0.4) is 0 Å². The summed E-state index contributed by atoms with van der Waals surface area (Å²) in [5, 5.41) is 3.26. The second-order valence-corrected chi connectivity index (χ2v) is 5.06. The lowest BCUT2D eigenvalue weighted by Gasteiger charge is -2.28. The predicted octanol–water partition coefficient (Wildman–Crippen LogP) is 0.345. The van der Waals surface area contributed by atoms with Crippen LogP contribution in [0.4, 0.5) is 4.39 Å². The lowest BCUT2D eigenvalue weighted by molar-refractivity contribution is 0.00870. The van der Waals surface area contributed by atoms with Crippen LogP contribution in [0.25, 0.3) is 0 Å². The van der Waals surface area contributed by atoms with Crippen molar-refractivity contribution in [2.24, 2.45) is 5.73 Å². The fourth-order valence-electron chi connectivity index (χ4n) is 2.27. The Kier molecular flexibility index (Phi) is 5.05. The van der Waals surface area contributed by atoms with E-state index in [9.17, 15) is 9.18 Å². The molecule has 1 atom stereocenters. The number of carbonyl (C=O) groups excluding carboxylic acids is 1. The molecule has 6 heteroatoms. The van der Waals surface area contributed by atoms with Crippen LogP contribution in [0.1, 0.15) is 15.9 Å². The normalized spacial score (nSPS) is 19.2. The maximum atomic E-state index is 13.9. The number of primary amides is 1. The summed E-state index contributed by atoms with van der Waals surface area (Å²) in [7, 11) is 1.92. The summed E-state index contributed by atoms with van der Waals surface area (Å²) in [5.41, 5.74) is 5.85. The number of likely N-dealkylation sites (N-methyl/N-ethyl adjacent to an activating group) is 1. The third-order valence-electron chi connectivity index (χ3n) is 3.30. The van der Waals surface area contributed by atoms with Crippen molar-refractivity contribution in [2.45, 2.75) is 12.6 Å². The van der Waals surface area contributed by atoms with Gasteiger partial charge >= 0.3 is 0 Å². The van der Waals surface area contributed by atoms with Crippen molar-refractivity contribution >= 4 is 5.91 Å². The Morgan fingerprint density at radius 3 is 3.00 bits per heavy atom. The van der Waals surface area contributed by atoms with E-state index in [1.165, 1.54) is 6.07 Å². The molecule has 0 bridgehead atoms. The van der Waals surface area contributed by atoms with Gasteiger partial charge in [-0.2, -0.15) is 0 Å². The quantitative estimate of drug-likeness (QED) is 0.817. The molecule has 1 fully saturated rings. The number of nitrogens with zero attached hydrogens (tertiary/aromatic N) is 1. The van der Waals surface area contributed by atoms with Crippen molar-refractivity contribution in [3.63, 3.8) is 0 Å². The number of benzene rings is 1. The van der Waals surface area contributed by atoms with E-state index in [1.807, 2.05) is 11.9 Å². The zero-order chi connectivity index (χ0) is 14.5. The number of hydrogen-bond donors (Lipinski definition) is 2. The minimum atomic E-state index is -0.620. The number of halogens is 1. The Labute approximate surface area is 117 Å². The van der Waals surface area contributed by atoms with Gasteiger partial charge in [-0.15, -0.1) is 0 Å². The molecule has 20 heavy (non-hydrogen) atoms. The number of carbonyl (C=O) groups is 1. The van der Waals surface area contributed by atoms with E-state index >= 15 is 0 Å². The van der Waals surface area contributed by atoms with E-state index in [-0.39, 0.29) is 11.7 Å². The Hall–Kier alpha value is -1.50. The number of nitrogens with one attached hydrogen (secondary N) is 1. The van der Waals surface area contributed by atoms with Crippen LogP contribution in [0.5, 0.6) is 0 Å². The highest BCUT2D eigenvalue weighted by Gasteiger charge is 2.16. The van der Waals surface area contributed by atoms with Gasteiger partial charge in [-0.25, -0.2) is 4.39 Å². The summed E-state index contributed by atoms with van der Waals surface area (Å²) in [6.45, 7) is 3.59. The van der Waals surface area contributed by atoms with Gasteiger partial charge in [0.1, 0.15) is 5.82 Å². The van der Waals surface area contributed by atoms with E-state index in [0.717, 1.165) is 19.6 Å². The first-order valence-electron chi connectivity index (χ1n) is 6.65. The average molecular weight is 281 g/mol. The monoisotopic (exact) mass is 281 g/mol. The van der Waals surface area contributed by atoms with Gasteiger partial charge in [0.25, 0.3) is 0 Å². The molecule has 1 aliphatic heterocycles. The summed E-state index contributed by atoms with van der Waals surface area (Å²) >= 11 is 0. The number of hydrogen-bond acceptors (Lipinski definition) is 4. The van der Waals surface area contributed by atoms with E-state index in [0.29, 0.717) is 18.7 Å². The molecule has 2 rings (SSSR count). The Bertz CT molecular complexity index is 475. The molecule has 1 amide bonds. The van der Waals surface area contributed by atoms with Gasteiger partial charge < -0.3 is 15.8 Å². The summed E-state index contributed by atoms with van der Waals surface area (Å²) in [4.78, 5) is 13.0. The second-order valence-electron chi connectivity index (χ2n) is 5.06. The highest BCUT2D eigenvalue weighted by Crippen LogP contribution is 2.13. The molecule has 1 saturated heterocycles. The smallest absolute Gasteiger partial charge is 0.248 e. The third-order valence-corrected chi connectivity index (χ3v) is 3.30. The van der Waals surface area contributed by atoms with Crippen molar-refractivity contribution in [2.75, 3.05) is 33.3 Å². The van der Waals surface area contributed by atoms with Gasteiger partial charge in [-0.1, -0.05) is 6.07 Å². The van der Waals surface area contributed by atoms with Gasteiger partial charge in [0.2, 0.25) is 5.91 Å². The number of amides is 1. The summed E-state index contributed by atoms with van der Waals surface area (Å²) in [6.07, 6.45) is 0.127. The number of nitrogens with two attached hydrogens (primary N) is 1. The summed E-state index contributed by atoms with van der Waals surface area (Å²) in [5.74, 6) is -1.03. The standard InChI is InChI=1S/C14H20FN3O2/c1-18(9-12-7-17-4-5-20-12)8-11-3-2-10(14(16)19)6-13(11)15/h2-3,6,12,17H,4-5,7-9H2,1H3,(H2,16,19). The zero-order valence-electron chi connectivity index (χ0n) is 11.6. The van der Waals surface area contributed by atoms with Crippen LogP contribution in [0.15, 0.2) is 18.2 Å². The highest BCUT2D eigenvalue weighted by molar-refractivity contribution is 5.92. The van der Waals surface area contributed by atoms with Gasteiger partial charge in [0.05, 0.1) is 12.7 Å². The molecule has 1 aromatic carbocycles. The average Bonchev–Trinajstić information content (AvgIpc) is 2.42. The largest absolute Gasteiger partial charge is 0.374 e. The SMILES string of the molecule is CN(Cc1ccc(C(N)=O)cc1F)CC1CNCCO1. The Morgan fingerprint density at radius 2 is 2.40 bits per heavy atom. The Morgan fingerprint density at radius 1 is 1.60 bits per heavy atom. The maximum Gasteiger partial charge on any atom is 0.248 e. The number of ether oxygens (including phenoxy) is 1. The minimum absolute atomic E-state index is 0.127. The molecule has 3 N–H and O–H groups in total. The lowest BCUT2D eigenvalue weighted by atomic mass is 10.1. The van der Waals surface area contributed by atoms with Crippen molar-refractivity contribution in [3.05, 3.63) is 35.1 Å². The molecule has 0 aromatic heterocycles. The molecular formula is C14H20FN3O2. The fourth-order valence-corrected chi connectivity index (χ4v) is 2.27. The summed E-state index contributed by atoms with van der Waals surface area (Å²) < 4.78 is 19.5. The molecule has 0 radical (unpaired) electrons. The molecule has 1 aromatic rings. The minimum Gasteiger partial charge on any atom is -0.374 e. The van der Waals surface area contributed by atoms with Crippen LogP contribution in [0.2, 0.25) is 0 Å². The fraction of sp³-hybridized carbons (Fsp3) is 0.500. The van der Waals surface area contributed by atoms with Gasteiger partial charge in [0.15, 0.2) is 0 Å². The van der Waals surface area contributed by atoms with Crippen LogP contribution >= 0.6 is 0 Å². The third kappa shape index (κ3) is 4.00. The van der Waals surface area contributed by atoms with Crippen molar-refractivity contribution < 1.29 is 13.9 Å². The predicted molar refractivity (Wildman–Crippen MR) is 73.9 cm³/mol. The van der Waals surface area contributed by atoms with E-state index in [2.05, 4.69) is 5.32 Å². The summed E-state index contributed by atoms with van der Waals surface area (Å²) in [6, 6.07) is 4.34. The molecule has 1 unspecified atom stereocenters. The first kappa shape index (κ1) is 14.9. The molecular weight excluding hydrogens is 261 g/mol. The number of rotatable bonds is 5. The first-order chi connectivity index (χ1) is 9.56. The highest BCUT2D eigenvalue weighted by atomic mass is 19.1. The number of morpholine rings is 1. The van der Waals surface area contributed by atoms with Crippen molar-refractivity contribution in [3.8, 4) is 0 Å². The van der Waals surface area contributed by atoms with Crippen LogP contribution in [-0.4, -0.2) is 50.2 Å². The Balaban J connectivity index is 1.93. The maximum absolute atomic E-state index is 13.9. The van der Waals surface area contributed by atoms with Crippen LogP contribution in [-0.2, 0) is 11.3 Å². The molecule has 0 aliphatic carbocycles. The lowest BCUT2D eigenvalue weighted by Crippen LogP contribution is -2.44. The molecule has 0 spiro atoms. The molecule has 1 aliphatic rings.